The van der Waals surface area contributed by atoms with Gasteiger partial charge in [-0.15, -0.1) is 0 Å². The molecule has 0 aromatic heterocycles. The first kappa shape index (κ1) is 13.1. The highest BCUT2D eigenvalue weighted by molar-refractivity contribution is 5.66. The number of hydrogen-bond acceptors (Lipinski definition) is 2. The molecule has 0 heterocycles. The minimum atomic E-state index is -0.781. The lowest BCUT2D eigenvalue weighted by atomic mass is 9.82. The number of rotatable bonds is 4. The molecule has 0 spiro atoms. The summed E-state index contributed by atoms with van der Waals surface area (Å²) in [5, 5.41) is 8.69. The lowest BCUT2D eigenvalue weighted by Crippen LogP contribution is -2.14. The summed E-state index contributed by atoms with van der Waals surface area (Å²) in [6.45, 7) is 2.25. The molecule has 0 aliphatic heterocycles. The van der Waals surface area contributed by atoms with Crippen LogP contribution in [0.15, 0.2) is 18.2 Å². The highest BCUT2D eigenvalue weighted by Crippen LogP contribution is 2.33. The molecular weight excluding hydrogens is 226 g/mol. The maximum absolute atomic E-state index is 10.6. The lowest BCUT2D eigenvalue weighted by molar-refractivity contribution is -0.137. The van der Waals surface area contributed by atoms with Crippen molar-refractivity contribution < 1.29 is 9.90 Å². The second-order valence-electron chi connectivity index (χ2n) is 5.29. The fourth-order valence-electron chi connectivity index (χ4n) is 2.73. The standard InChI is InChI=1S/C15H21NO2/c1-10-3-2-4-11-5-6-12(9-13(10)11)14(16)7-8-15(17)18/h5-6,9-10,14H,2-4,7-8,16H2,1H3,(H,17,18). The highest BCUT2D eigenvalue weighted by atomic mass is 16.4. The van der Waals surface area contributed by atoms with Crippen LogP contribution in [0.5, 0.6) is 0 Å². The zero-order chi connectivity index (χ0) is 13.1. The Morgan fingerprint density at radius 2 is 2.33 bits per heavy atom. The zero-order valence-electron chi connectivity index (χ0n) is 10.9. The van der Waals surface area contributed by atoms with Gasteiger partial charge in [-0.1, -0.05) is 25.1 Å². The minimum Gasteiger partial charge on any atom is -0.481 e. The van der Waals surface area contributed by atoms with Crippen LogP contribution in [0.25, 0.3) is 0 Å². The Kier molecular flexibility index (Phi) is 4.02. The molecule has 0 saturated heterocycles. The van der Waals surface area contributed by atoms with Gasteiger partial charge in [0.25, 0.3) is 0 Å². The fraction of sp³-hybridized carbons (Fsp3) is 0.533. The maximum atomic E-state index is 10.6. The molecule has 2 rings (SSSR count). The quantitative estimate of drug-likeness (QED) is 0.859. The molecule has 1 aromatic carbocycles. The second-order valence-corrected chi connectivity index (χ2v) is 5.29. The van der Waals surface area contributed by atoms with E-state index in [4.69, 9.17) is 10.8 Å². The van der Waals surface area contributed by atoms with Crippen molar-refractivity contribution in [3.8, 4) is 0 Å². The summed E-state index contributed by atoms with van der Waals surface area (Å²) in [5.41, 5.74) is 9.97. The molecule has 0 amide bonds. The van der Waals surface area contributed by atoms with Crippen molar-refractivity contribution >= 4 is 5.97 Å². The summed E-state index contributed by atoms with van der Waals surface area (Å²) in [6.07, 6.45) is 4.29. The van der Waals surface area contributed by atoms with E-state index >= 15 is 0 Å². The number of aliphatic carboxylic acids is 1. The topological polar surface area (TPSA) is 63.3 Å². The molecule has 18 heavy (non-hydrogen) atoms. The van der Waals surface area contributed by atoms with E-state index in [0.29, 0.717) is 12.3 Å². The summed E-state index contributed by atoms with van der Waals surface area (Å²) in [5.74, 6) is -0.183. The summed E-state index contributed by atoms with van der Waals surface area (Å²) in [4.78, 5) is 10.6. The van der Waals surface area contributed by atoms with Crippen LogP contribution in [-0.4, -0.2) is 11.1 Å². The second kappa shape index (κ2) is 5.53. The van der Waals surface area contributed by atoms with E-state index in [-0.39, 0.29) is 12.5 Å². The Hall–Kier alpha value is -1.35. The van der Waals surface area contributed by atoms with Gasteiger partial charge in [0.15, 0.2) is 0 Å². The van der Waals surface area contributed by atoms with Gasteiger partial charge in [0.1, 0.15) is 0 Å². The largest absolute Gasteiger partial charge is 0.481 e. The van der Waals surface area contributed by atoms with Gasteiger partial charge in [0.2, 0.25) is 0 Å². The van der Waals surface area contributed by atoms with E-state index in [9.17, 15) is 4.79 Å². The molecule has 0 saturated carbocycles. The third-order valence-corrected chi connectivity index (χ3v) is 3.88. The summed E-state index contributed by atoms with van der Waals surface area (Å²) in [6, 6.07) is 6.25. The van der Waals surface area contributed by atoms with Gasteiger partial charge in [-0.05, 0) is 48.3 Å². The molecule has 1 aromatic rings. The van der Waals surface area contributed by atoms with Crippen LogP contribution in [0.1, 0.15) is 61.3 Å². The molecular formula is C15H21NO2. The zero-order valence-corrected chi connectivity index (χ0v) is 10.9. The first-order valence-corrected chi connectivity index (χ1v) is 6.68. The van der Waals surface area contributed by atoms with Crippen LogP contribution in [0.4, 0.5) is 0 Å². The fourth-order valence-corrected chi connectivity index (χ4v) is 2.73. The van der Waals surface area contributed by atoms with Crippen LogP contribution in [0.2, 0.25) is 0 Å². The van der Waals surface area contributed by atoms with Gasteiger partial charge in [-0.3, -0.25) is 4.79 Å². The van der Waals surface area contributed by atoms with Crippen molar-refractivity contribution in [3.63, 3.8) is 0 Å². The third kappa shape index (κ3) is 2.91. The molecule has 1 aliphatic carbocycles. The summed E-state index contributed by atoms with van der Waals surface area (Å²) >= 11 is 0. The van der Waals surface area contributed by atoms with Gasteiger partial charge in [-0.25, -0.2) is 0 Å². The Labute approximate surface area is 108 Å². The molecule has 0 bridgehead atoms. The number of nitrogens with two attached hydrogens (primary N) is 1. The van der Waals surface area contributed by atoms with E-state index < -0.39 is 5.97 Å². The number of aryl methyl sites for hydroxylation is 1. The molecule has 3 heteroatoms. The predicted molar refractivity (Wildman–Crippen MR) is 71.6 cm³/mol. The van der Waals surface area contributed by atoms with Gasteiger partial charge >= 0.3 is 5.97 Å². The smallest absolute Gasteiger partial charge is 0.303 e. The van der Waals surface area contributed by atoms with Crippen LogP contribution in [0, 0.1) is 0 Å². The maximum Gasteiger partial charge on any atom is 0.303 e. The van der Waals surface area contributed by atoms with Gasteiger partial charge in [0, 0.05) is 12.5 Å². The molecule has 0 fully saturated rings. The number of benzene rings is 1. The predicted octanol–water partition coefficient (Wildman–Crippen LogP) is 2.99. The van der Waals surface area contributed by atoms with E-state index in [1.54, 1.807) is 0 Å². The normalized spacial score (nSPS) is 20.2. The Bertz CT molecular complexity index is 442. The molecule has 98 valence electrons. The van der Waals surface area contributed by atoms with Gasteiger partial charge in [-0.2, -0.15) is 0 Å². The number of carboxylic acids is 1. The monoisotopic (exact) mass is 247 g/mol. The van der Waals surface area contributed by atoms with Crippen molar-refractivity contribution in [2.45, 2.75) is 51.0 Å². The lowest BCUT2D eigenvalue weighted by Gasteiger charge is -2.24. The number of carboxylic acid groups (broad SMARTS) is 1. The van der Waals surface area contributed by atoms with E-state index in [1.807, 2.05) is 0 Å². The molecule has 1 aliphatic rings. The Balaban J connectivity index is 2.14. The van der Waals surface area contributed by atoms with Crippen molar-refractivity contribution in [1.29, 1.82) is 0 Å². The van der Waals surface area contributed by atoms with Crippen molar-refractivity contribution in [2.75, 3.05) is 0 Å². The summed E-state index contributed by atoms with van der Waals surface area (Å²) in [7, 11) is 0. The molecule has 2 atom stereocenters. The van der Waals surface area contributed by atoms with E-state index in [1.165, 1.54) is 24.0 Å². The number of hydrogen-bond donors (Lipinski definition) is 2. The van der Waals surface area contributed by atoms with Gasteiger partial charge in [0.05, 0.1) is 0 Å². The van der Waals surface area contributed by atoms with Crippen LogP contribution in [-0.2, 0) is 11.2 Å². The van der Waals surface area contributed by atoms with E-state index in [0.717, 1.165) is 12.0 Å². The Morgan fingerprint density at radius 1 is 1.56 bits per heavy atom. The number of fused-ring (bicyclic) bond motifs is 1. The average molecular weight is 247 g/mol. The molecule has 3 N–H and O–H groups in total. The molecule has 2 unspecified atom stereocenters. The third-order valence-electron chi connectivity index (χ3n) is 3.88. The first-order valence-electron chi connectivity index (χ1n) is 6.68. The molecule has 3 nitrogen and oxygen atoms in total. The van der Waals surface area contributed by atoms with Crippen LogP contribution < -0.4 is 5.73 Å². The van der Waals surface area contributed by atoms with Crippen molar-refractivity contribution in [3.05, 3.63) is 34.9 Å². The SMILES string of the molecule is CC1CCCc2ccc(C(N)CCC(=O)O)cc21. The van der Waals surface area contributed by atoms with Crippen LogP contribution in [0.3, 0.4) is 0 Å². The average Bonchev–Trinajstić information content (AvgIpc) is 2.36. The minimum absolute atomic E-state index is 0.133. The first-order chi connectivity index (χ1) is 8.58. The van der Waals surface area contributed by atoms with Crippen LogP contribution >= 0.6 is 0 Å². The van der Waals surface area contributed by atoms with Crippen molar-refractivity contribution in [1.82, 2.24) is 0 Å². The summed E-state index contributed by atoms with van der Waals surface area (Å²) < 4.78 is 0. The Morgan fingerprint density at radius 3 is 3.06 bits per heavy atom. The molecule has 0 radical (unpaired) electrons. The van der Waals surface area contributed by atoms with Crippen molar-refractivity contribution in [2.24, 2.45) is 5.73 Å². The van der Waals surface area contributed by atoms with Gasteiger partial charge < -0.3 is 10.8 Å². The number of carbonyl (C=O) groups is 1. The van der Waals surface area contributed by atoms with E-state index in [2.05, 4.69) is 25.1 Å². The highest BCUT2D eigenvalue weighted by Gasteiger charge is 2.18.